The number of nitrogens with zero attached hydrogens (tertiary/aromatic N) is 1. The lowest BCUT2D eigenvalue weighted by atomic mass is 9.84. The third-order valence-electron chi connectivity index (χ3n) is 3.73. The molecular formula is C14H19F3N2. The van der Waals surface area contributed by atoms with Gasteiger partial charge < -0.3 is 5.32 Å². The Morgan fingerprint density at radius 2 is 2.00 bits per heavy atom. The molecule has 2 atom stereocenters. The van der Waals surface area contributed by atoms with E-state index < -0.39 is 18.1 Å². The maximum atomic E-state index is 12.9. The third-order valence-corrected chi connectivity index (χ3v) is 3.73. The number of pyridine rings is 1. The molecular weight excluding hydrogens is 253 g/mol. The SMILES string of the molecule is Cc1ccc(CNC2CCCCC2C(F)(F)F)cn1. The maximum Gasteiger partial charge on any atom is 0.393 e. The molecule has 1 heterocycles. The van der Waals surface area contributed by atoms with E-state index >= 15 is 0 Å². The van der Waals surface area contributed by atoms with Gasteiger partial charge in [0.2, 0.25) is 0 Å². The molecule has 1 aromatic heterocycles. The summed E-state index contributed by atoms with van der Waals surface area (Å²) in [5.41, 5.74) is 1.84. The summed E-state index contributed by atoms with van der Waals surface area (Å²) in [7, 11) is 0. The molecule has 0 spiro atoms. The average Bonchev–Trinajstić information content (AvgIpc) is 2.37. The summed E-state index contributed by atoms with van der Waals surface area (Å²) in [5.74, 6) is -1.21. The maximum absolute atomic E-state index is 12.9. The molecule has 2 unspecified atom stereocenters. The Morgan fingerprint density at radius 3 is 2.63 bits per heavy atom. The molecule has 2 rings (SSSR count). The zero-order chi connectivity index (χ0) is 13.9. The molecule has 1 aromatic rings. The van der Waals surface area contributed by atoms with E-state index in [2.05, 4.69) is 10.3 Å². The normalized spacial score (nSPS) is 24.4. The van der Waals surface area contributed by atoms with Gasteiger partial charge in [0.15, 0.2) is 0 Å². The molecule has 1 N–H and O–H groups in total. The summed E-state index contributed by atoms with van der Waals surface area (Å²) in [6.07, 6.45) is 0.0129. The Kier molecular flexibility index (Phi) is 4.45. The van der Waals surface area contributed by atoms with Crippen LogP contribution in [0.1, 0.15) is 36.9 Å². The van der Waals surface area contributed by atoms with Crippen LogP contribution < -0.4 is 5.32 Å². The van der Waals surface area contributed by atoms with Crippen molar-refractivity contribution in [2.75, 3.05) is 0 Å². The molecule has 0 aliphatic heterocycles. The van der Waals surface area contributed by atoms with Crippen LogP contribution >= 0.6 is 0 Å². The van der Waals surface area contributed by atoms with E-state index in [1.54, 1.807) is 6.20 Å². The first-order valence-electron chi connectivity index (χ1n) is 6.68. The molecule has 1 aliphatic rings. The molecule has 0 radical (unpaired) electrons. The lowest BCUT2D eigenvalue weighted by molar-refractivity contribution is -0.189. The number of halogens is 3. The summed E-state index contributed by atoms with van der Waals surface area (Å²) < 4.78 is 38.8. The summed E-state index contributed by atoms with van der Waals surface area (Å²) in [5, 5.41) is 3.05. The van der Waals surface area contributed by atoms with Gasteiger partial charge in [0.1, 0.15) is 0 Å². The summed E-state index contributed by atoms with van der Waals surface area (Å²) in [4.78, 5) is 4.15. The first-order valence-corrected chi connectivity index (χ1v) is 6.68. The van der Waals surface area contributed by atoms with Gasteiger partial charge in [-0.05, 0) is 31.4 Å². The minimum absolute atomic E-state index is 0.243. The van der Waals surface area contributed by atoms with E-state index in [1.807, 2.05) is 19.1 Å². The number of hydrogen-bond donors (Lipinski definition) is 1. The third kappa shape index (κ3) is 3.93. The van der Waals surface area contributed by atoms with Crippen molar-refractivity contribution >= 4 is 0 Å². The molecule has 1 aliphatic carbocycles. The molecule has 2 nitrogen and oxygen atoms in total. The highest BCUT2D eigenvalue weighted by molar-refractivity contribution is 5.13. The largest absolute Gasteiger partial charge is 0.393 e. The minimum Gasteiger partial charge on any atom is -0.309 e. The fourth-order valence-corrected chi connectivity index (χ4v) is 2.62. The second-order valence-corrected chi connectivity index (χ2v) is 5.23. The molecule has 0 bridgehead atoms. The summed E-state index contributed by atoms with van der Waals surface area (Å²) >= 11 is 0. The number of aromatic nitrogens is 1. The van der Waals surface area contributed by atoms with E-state index in [0.717, 1.165) is 17.7 Å². The first-order chi connectivity index (χ1) is 8.97. The van der Waals surface area contributed by atoms with E-state index in [0.29, 0.717) is 19.4 Å². The van der Waals surface area contributed by atoms with Gasteiger partial charge in [-0.2, -0.15) is 13.2 Å². The van der Waals surface area contributed by atoms with E-state index in [-0.39, 0.29) is 6.42 Å². The van der Waals surface area contributed by atoms with Crippen molar-refractivity contribution in [2.45, 2.75) is 51.4 Å². The van der Waals surface area contributed by atoms with Gasteiger partial charge in [0, 0.05) is 24.5 Å². The van der Waals surface area contributed by atoms with Gasteiger partial charge in [-0.3, -0.25) is 4.98 Å². The first kappa shape index (κ1) is 14.3. The summed E-state index contributed by atoms with van der Waals surface area (Å²) in [6.45, 7) is 2.34. The molecule has 1 fully saturated rings. The lowest BCUT2D eigenvalue weighted by Gasteiger charge is -2.33. The Balaban J connectivity index is 1.94. The number of alkyl halides is 3. The molecule has 19 heavy (non-hydrogen) atoms. The van der Waals surface area contributed by atoms with E-state index in [1.165, 1.54) is 0 Å². The zero-order valence-electron chi connectivity index (χ0n) is 11.0. The number of nitrogens with one attached hydrogen (secondary N) is 1. The number of hydrogen-bond acceptors (Lipinski definition) is 2. The monoisotopic (exact) mass is 272 g/mol. The Bertz CT molecular complexity index is 400. The van der Waals surface area contributed by atoms with Gasteiger partial charge in [-0.15, -0.1) is 0 Å². The highest BCUT2D eigenvalue weighted by atomic mass is 19.4. The average molecular weight is 272 g/mol. The van der Waals surface area contributed by atoms with Crippen molar-refractivity contribution in [1.82, 2.24) is 10.3 Å². The van der Waals surface area contributed by atoms with Gasteiger partial charge in [-0.1, -0.05) is 18.9 Å². The van der Waals surface area contributed by atoms with Crippen LogP contribution in [0, 0.1) is 12.8 Å². The molecule has 106 valence electrons. The van der Waals surface area contributed by atoms with Crippen LogP contribution in [0.5, 0.6) is 0 Å². The van der Waals surface area contributed by atoms with Crippen LogP contribution in [-0.2, 0) is 6.54 Å². The van der Waals surface area contributed by atoms with Gasteiger partial charge in [-0.25, -0.2) is 0 Å². The van der Waals surface area contributed by atoms with Gasteiger partial charge in [0.25, 0.3) is 0 Å². The van der Waals surface area contributed by atoms with Crippen LogP contribution in [0.15, 0.2) is 18.3 Å². The van der Waals surface area contributed by atoms with Gasteiger partial charge in [0.05, 0.1) is 5.92 Å². The fraction of sp³-hybridized carbons (Fsp3) is 0.643. The highest BCUT2D eigenvalue weighted by Gasteiger charge is 2.45. The zero-order valence-corrected chi connectivity index (χ0v) is 11.0. The van der Waals surface area contributed by atoms with Crippen LogP contribution in [0.25, 0.3) is 0 Å². The van der Waals surface area contributed by atoms with Crippen molar-refractivity contribution < 1.29 is 13.2 Å². The van der Waals surface area contributed by atoms with Crippen LogP contribution in [-0.4, -0.2) is 17.2 Å². The van der Waals surface area contributed by atoms with E-state index in [9.17, 15) is 13.2 Å². The topological polar surface area (TPSA) is 24.9 Å². The van der Waals surface area contributed by atoms with Crippen LogP contribution in [0.2, 0.25) is 0 Å². The minimum atomic E-state index is -4.09. The molecule has 0 aromatic carbocycles. The fourth-order valence-electron chi connectivity index (χ4n) is 2.62. The summed E-state index contributed by atoms with van der Waals surface area (Å²) in [6, 6.07) is 3.31. The number of aryl methyl sites for hydroxylation is 1. The van der Waals surface area contributed by atoms with Crippen molar-refractivity contribution in [3.63, 3.8) is 0 Å². The Morgan fingerprint density at radius 1 is 1.26 bits per heavy atom. The van der Waals surface area contributed by atoms with E-state index in [4.69, 9.17) is 0 Å². The van der Waals surface area contributed by atoms with Crippen molar-refractivity contribution in [3.8, 4) is 0 Å². The highest BCUT2D eigenvalue weighted by Crippen LogP contribution is 2.37. The molecule has 0 amide bonds. The van der Waals surface area contributed by atoms with Gasteiger partial charge >= 0.3 is 6.18 Å². The number of rotatable bonds is 3. The van der Waals surface area contributed by atoms with Crippen molar-refractivity contribution in [3.05, 3.63) is 29.6 Å². The molecule has 1 saturated carbocycles. The van der Waals surface area contributed by atoms with Crippen LogP contribution in [0.4, 0.5) is 13.2 Å². The predicted octanol–water partition coefficient (Wildman–Crippen LogP) is 3.60. The Hall–Kier alpha value is -1.10. The lowest BCUT2D eigenvalue weighted by Crippen LogP contribution is -2.45. The predicted molar refractivity (Wildman–Crippen MR) is 67.6 cm³/mol. The van der Waals surface area contributed by atoms with Crippen LogP contribution in [0.3, 0.4) is 0 Å². The second kappa shape index (κ2) is 5.90. The standard InChI is InChI=1S/C14H19F3N2/c1-10-6-7-11(8-18-10)9-19-13-5-3-2-4-12(13)14(15,16)17/h6-8,12-13,19H,2-5,9H2,1H3. The molecule has 5 heteroatoms. The molecule has 0 saturated heterocycles. The smallest absolute Gasteiger partial charge is 0.309 e. The van der Waals surface area contributed by atoms with Crippen molar-refractivity contribution in [1.29, 1.82) is 0 Å². The second-order valence-electron chi connectivity index (χ2n) is 5.23. The Labute approximate surface area is 111 Å². The van der Waals surface area contributed by atoms with Crippen molar-refractivity contribution in [2.24, 2.45) is 5.92 Å². The quantitative estimate of drug-likeness (QED) is 0.909.